The van der Waals surface area contributed by atoms with E-state index in [1.807, 2.05) is 12.1 Å². The van der Waals surface area contributed by atoms with Gasteiger partial charge in [-0.25, -0.2) is 4.98 Å². The maximum absolute atomic E-state index is 6.15. The minimum absolute atomic E-state index is 0.522. The van der Waals surface area contributed by atoms with E-state index < -0.39 is 0 Å². The molecule has 1 aromatic heterocycles. The molecule has 106 valence electrons. The first-order valence-corrected chi connectivity index (χ1v) is 8.05. The molecule has 0 atom stereocenters. The van der Waals surface area contributed by atoms with Crippen LogP contribution in [0.5, 0.6) is 0 Å². The zero-order valence-electron chi connectivity index (χ0n) is 12.0. The van der Waals surface area contributed by atoms with E-state index in [9.17, 15) is 0 Å². The smallest absolute Gasteiger partial charge is 0.133 e. The van der Waals surface area contributed by atoms with Gasteiger partial charge in [-0.3, -0.25) is 0 Å². The SMILES string of the molecule is CCN(CC1CCC1)c1nc2ccccc2cc1CCl. The largest absolute Gasteiger partial charge is 0.356 e. The fraction of sp³-hybridized carbons (Fsp3) is 0.471. The predicted octanol–water partition coefficient (Wildman–Crippen LogP) is 4.60. The Labute approximate surface area is 125 Å². The molecule has 20 heavy (non-hydrogen) atoms. The van der Waals surface area contributed by atoms with Crippen LogP contribution in [0.25, 0.3) is 10.9 Å². The van der Waals surface area contributed by atoms with Crippen molar-refractivity contribution in [3.05, 3.63) is 35.9 Å². The Bertz CT molecular complexity index is 593. The van der Waals surface area contributed by atoms with Gasteiger partial charge in [0.15, 0.2) is 0 Å². The molecule has 0 bridgehead atoms. The zero-order valence-corrected chi connectivity index (χ0v) is 12.7. The molecule has 1 aliphatic carbocycles. The number of rotatable bonds is 5. The van der Waals surface area contributed by atoms with Crippen molar-refractivity contribution < 1.29 is 0 Å². The van der Waals surface area contributed by atoms with Crippen LogP contribution in [-0.2, 0) is 5.88 Å². The van der Waals surface area contributed by atoms with Crippen LogP contribution < -0.4 is 4.90 Å². The van der Waals surface area contributed by atoms with E-state index in [0.717, 1.165) is 35.9 Å². The summed E-state index contributed by atoms with van der Waals surface area (Å²) in [4.78, 5) is 7.27. The third-order valence-electron chi connectivity index (χ3n) is 4.31. The van der Waals surface area contributed by atoms with Crippen LogP contribution in [0.2, 0.25) is 0 Å². The van der Waals surface area contributed by atoms with Gasteiger partial charge in [0.25, 0.3) is 0 Å². The van der Waals surface area contributed by atoms with E-state index in [0.29, 0.717) is 5.88 Å². The van der Waals surface area contributed by atoms with E-state index in [1.54, 1.807) is 0 Å². The van der Waals surface area contributed by atoms with Crippen LogP contribution in [0, 0.1) is 5.92 Å². The van der Waals surface area contributed by atoms with E-state index >= 15 is 0 Å². The molecule has 3 rings (SSSR count). The van der Waals surface area contributed by atoms with Gasteiger partial charge in [0.2, 0.25) is 0 Å². The summed E-state index contributed by atoms with van der Waals surface area (Å²) in [6, 6.07) is 10.5. The van der Waals surface area contributed by atoms with Crippen molar-refractivity contribution in [1.29, 1.82) is 0 Å². The van der Waals surface area contributed by atoms with Crippen molar-refractivity contribution in [2.24, 2.45) is 5.92 Å². The normalized spacial score (nSPS) is 15.3. The van der Waals surface area contributed by atoms with Crippen molar-refractivity contribution in [2.75, 3.05) is 18.0 Å². The molecule has 0 saturated heterocycles. The number of aromatic nitrogens is 1. The standard InChI is InChI=1S/C17H21ClN2/c1-2-20(12-13-6-5-7-13)17-15(11-18)10-14-8-3-4-9-16(14)19-17/h3-4,8-10,13H,2,5-7,11-12H2,1H3. The summed E-state index contributed by atoms with van der Waals surface area (Å²) < 4.78 is 0. The van der Waals surface area contributed by atoms with Crippen LogP contribution in [0.15, 0.2) is 30.3 Å². The summed E-state index contributed by atoms with van der Waals surface area (Å²) >= 11 is 6.15. The predicted molar refractivity (Wildman–Crippen MR) is 86.5 cm³/mol. The number of hydrogen-bond donors (Lipinski definition) is 0. The second-order valence-electron chi connectivity index (χ2n) is 5.63. The van der Waals surface area contributed by atoms with Gasteiger partial charge in [-0.15, -0.1) is 11.6 Å². The highest BCUT2D eigenvalue weighted by Gasteiger charge is 2.22. The summed E-state index contributed by atoms with van der Waals surface area (Å²) in [5, 5.41) is 1.17. The molecule has 2 aromatic rings. The summed E-state index contributed by atoms with van der Waals surface area (Å²) in [7, 11) is 0. The Kier molecular flexibility index (Phi) is 4.11. The fourth-order valence-corrected chi connectivity index (χ4v) is 3.07. The van der Waals surface area contributed by atoms with Crippen molar-refractivity contribution in [2.45, 2.75) is 32.1 Å². The summed E-state index contributed by atoms with van der Waals surface area (Å²) in [6.07, 6.45) is 4.11. The van der Waals surface area contributed by atoms with Crippen LogP contribution in [0.4, 0.5) is 5.82 Å². The van der Waals surface area contributed by atoms with Gasteiger partial charge in [-0.1, -0.05) is 24.6 Å². The fourth-order valence-electron chi connectivity index (χ4n) is 2.87. The van der Waals surface area contributed by atoms with Crippen LogP contribution in [-0.4, -0.2) is 18.1 Å². The van der Waals surface area contributed by atoms with Crippen molar-refractivity contribution in [3.8, 4) is 0 Å². The molecular weight excluding hydrogens is 268 g/mol. The number of benzene rings is 1. The highest BCUT2D eigenvalue weighted by molar-refractivity contribution is 6.17. The minimum atomic E-state index is 0.522. The molecule has 1 heterocycles. The van der Waals surface area contributed by atoms with E-state index in [-0.39, 0.29) is 0 Å². The number of halogens is 1. The first kappa shape index (κ1) is 13.7. The second kappa shape index (κ2) is 6.01. The first-order valence-electron chi connectivity index (χ1n) is 7.51. The molecule has 2 nitrogen and oxygen atoms in total. The van der Waals surface area contributed by atoms with Gasteiger partial charge in [0.05, 0.1) is 11.4 Å². The minimum Gasteiger partial charge on any atom is -0.356 e. The van der Waals surface area contributed by atoms with E-state index in [4.69, 9.17) is 16.6 Å². The molecule has 0 spiro atoms. The molecule has 0 aliphatic heterocycles. The van der Waals surface area contributed by atoms with Gasteiger partial charge in [0.1, 0.15) is 5.82 Å². The maximum Gasteiger partial charge on any atom is 0.133 e. The molecule has 1 aromatic carbocycles. The first-order chi connectivity index (χ1) is 9.81. The lowest BCUT2D eigenvalue weighted by molar-refractivity contribution is 0.318. The summed E-state index contributed by atoms with van der Waals surface area (Å²) in [6.45, 7) is 4.31. The average molecular weight is 289 g/mol. The lowest BCUT2D eigenvalue weighted by Gasteiger charge is -2.33. The third kappa shape index (κ3) is 2.62. The number of alkyl halides is 1. The molecule has 0 unspecified atom stereocenters. The molecule has 1 saturated carbocycles. The average Bonchev–Trinajstić information content (AvgIpc) is 2.45. The van der Waals surface area contributed by atoms with Crippen LogP contribution >= 0.6 is 11.6 Å². The Morgan fingerprint density at radius 2 is 2.10 bits per heavy atom. The molecule has 1 fully saturated rings. The number of pyridine rings is 1. The Morgan fingerprint density at radius 1 is 1.30 bits per heavy atom. The van der Waals surface area contributed by atoms with Crippen molar-refractivity contribution in [3.63, 3.8) is 0 Å². The number of anilines is 1. The highest BCUT2D eigenvalue weighted by Crippen LogP contribution is 2.31. The number of hydrogen-bond acceptors (Lipinski definition) is 2. The topological polar surface area (TPSA) is 16.1 Å². The van der Waals surface area contributed by atoms with Crippen LogP contribution in [0.1, 0.15) is 31.7 Å². The molecule has 0 amide bonds. The Balaban J connectivity index is 1.98. The third-order valence-corrected chi connectivity index (χ3v) is 4.60. The van der Waals surface area contributed by atoms with Crippen molar-refractivity contribution >= 4 is 28.3 Å². The number of nitrogens with zero attached hydrogens (tertiary/aromatic N) is 2. The molecule has 1 aliphatic rings. The monoisotopic (exact) mass is 288 g/mol. The lowest BCUT2D eigenvalue weighted by Crippen LogP contribution is -2.33. The lowest BCUT2D eigenvalue weighted by atomic mass is 9.85. The molecule has 0 radical (unpaired) electrons. The van der Waals surface area contributed by atoms with Gasteiger partial charge in [-0.2, -0.15) is 0 Å². The highest BCUT2D eigenvalue weighted by atomic mass is 35.5. The van der Waals surface area contributed by atoms with Crippen LogP contribution in [0.3, 0.4) is 0 Å². The van der Waals surface area contributed by atoms with E-state index in [2.05, 4.69) is 30.0 Å². The Hall–Kier alpha value is -1.28. The maximum atomic E-state index is 6.15. The number of para-hydroxylation sites is 1. The van der Waals surface area contributed by atoms with Gasteiger partial charge in [-0.05, 0) is 37.8 Å². The van der Waals surface area contributed by atoms with Gasteiger partial charge >= 0.3 is 0 Å². The van der Waals surface area contributed by atoms with Gasteiger partial charge in [0, 0.05) is 24.0 Å². The van der Waals surface area contributed by atoms with E-state index in [1.165, 1.54) is 24.6 Å². The molecule has 3 heteroatoms. The zero-order chi connectivity index (χ0) is 13.9. The van der Waals surface area contributed by atoms with Gasteiger partial charge < -0.3 is 4.90 Å². The number of fused-ring (bicyclic) bond motifs is 1. The Morgan fingerprint density at radius 3 is 2.75 bits per heavy atom. The molecule has 0 N–H and O–H groups in total. The summed E-state index contributed by atoms with van der Waals surface area (Å²) in [5.74, 6) is 2.44. The summed E-state index contributed by atoms with van der Waals surface area (Å²) in [5.41, 5.74) is 2.20. The molecular formula is C17H21ClN2. The quantitative estimate of drug-likeness (QED) is 0.748. The second-order valence-corrected chi connectivity index (χ2v) is 5.90. The van der Waals surface area contributed by atoms with Crippen molar-refractivity contribution in [1.82, 2.24) is 4.98 Å².